The number of aliphatic imine (C=N–C) groups is 1. The highest BCUT2D eigenvalue weighted by molar-refractivity contribution is 5.84. The van der Waals surface area contributed by atoms with Crippen LogP contribution in [-0.4, -0.2) is 36.8 Å². The van der Waals surface area contributed by atoms with Gasteiger partial charge in [-0.3, -0.25) is 0 Å². The Morgan fingerprint density at radius 1 is 1.09 bits per heavy atom. The summed E-state index contributed by atoms with van der Waals surface area (Å²) >= 11 is 0. The Bertz CT molecular complexity index is 1110. The molecule has 0 radical (unpaired) electrons. The fraction of sp³-hybridized carbons (Fsp3) is 0.370. The predicted molar refractivity (Wildman–Crippen MR) is 134 cm³/mol. The van der Waals surface area contributed by atoms with E-state index in [1.165, 1.54) is 16.3 Å². The lowest BCUT2D eigenvalue weighted by Gasteiger charge is -2.31. The molecule has 0 saturated carbocycles. The van der Waals surface area contributed by atoms with Crippen LogP contribution in [0, 0.1) is 5.82 Å². The number of anilines is 1. The number of aliphatic hydroxyl groups is 1. The van der Waals surface area contributed by atoms with E-state index in [-0.39, 0.29) is 18.0 Å². The number of hydrogen-bond donors (Lipinski definition) is 3. The molecule has 1 aliphatic heterocycles. The van der Waals surface area contributed by atoms with Crippen molar-refractivity contribution in [3.05, 3.63) is 77.6 Å². The van der Waals surface area contributed by atoms with Crippen molar-refractivity contribution in [2.45, 2.75) is 45.4 Å². The third-order valence-electron chi connectivity index (χ3n) is 6.21. The molecular weight excluding hydrogens is 415 g/mol. The van der Waals surface area contributed by atoms with Crippen LogP contribution in [0.15, 0.2) is 65.7 Å². The summed E-state index contributed by atoms with van der Waals surface area (Å²) in [5, 5.41) is 18.9. The van der Waals surface area contributed by atoms with Crippen LogP contribution in [0.3, 0.4) is 0 Å². The maximum absolute atomic E-state index is 14.8. The number of hydrogen-bond acceptors (Lipinski definition) is 3. The Kier molecular flexibility index (Phi) is 7.45. The van der Waals surface area contributed by atoms with E-state index in [1.807, 2.05) is 30.0 Å². The zero-order valence-electron chi connectivity index (χ0n) is 19.4. The van der Waals surface area contributed by atoms with E-state index in [4.69, 9.17) is 0 Å². The Hall–Kier alpha value is -3.12. The molecule has 0 bridgehead atoms. The van der Waals surface area contributed by atoms with Crippen LogP contribution in [0.5, 0.6) is 0 Å². The minimum absolute atomic E-state index is 0.0703. The van der Waals surface area contributed by atoms with E-state index >= 15 is 0 Å². The number of nitrogens with zero attached hydrogens (tertiary/aromatic N) is 2. The standard InChI is InChI=1S/C27H33FN4O/c1-3-29-27(31-19(2)22-10-9-21-6-4-5-7-23(21)17-22)30-18-20-8-11-26(25(28)16-20)32-14-12-24(33)13-15-32/h4-11,16-17,19,24,33H,3,12-15,18H2,1-2H3,(H2,29,30,31). The van der Waals surface area contributed by atoms with E-state index < -0.39 is 0 Å². The fourth-order valence-corrected chi connectivity index (χ4v) is 4.27. The largest absolute Gasteiger partial charge is 0.393 e. The van der Waals surface area contributed by atoms with Gasteiger partial charge in [0.15, 0.2) is 5.96 Å². The molecule has 174 valence electrons. The molecule has 1 heterocycles. The Morgan fingerprint density at radius 3 is 2.58 bits per heavy atom. The summed E-state index contributed by atoms with van der Waals surface area (Å²) in [7, 11) is 0. The maximum atomic E-state index is 14.8. The van der Waals surface area contributed by atoms with Crippen molar-refractivity contribution in [2.24, 2.45) is 4.99 Å². The van der Waals surface area contributed by atoms with Crippen LogP contribution in [0.4, 0.5) is 10.1 Å². The van der Waals surface area contributed by atoms with Crippen molar-refractivity contribution in [3.63, 3.8) is 0 Å². The molecule has 0 aliphatic carbocycles. The molecule has 1 atom stereocenters. The highest BCUT2D eigenvalue weighted by Gasteiger charge is 2.19. The molecule has 1 unspecified atom stereocenters. The van der Waals surface area contributed by atoms with Gasteiger partial charge >= 0.3 is 0 Å². The first kappa shape index (κ1) is 23.1. The van der Waals surface area contributed by atoms with Crippen molar-refractivity contribution in [3.8, 4) is 0 Å². The van der Waals surface area contributed by atoms with E-state index in [0.29, 0.717) is 44.1 Å². The molecule has 1 aliphatic rings. The lowest BCUT2D eigenvalue weighted by atomic mass is 10.0. The summed E-state index contributed by atoms with van der Waals surface area (Å²) in [6.45, 7) is 6.62. The monoisotopic (exact) mass is 448 g/mol. The highest BCUT2D eigenvalue weighted by atomic mass is 19.1. The first-order valence-electron chi connectivity index (χ1n) is 11.8. The normalized spacial score (nSPS) is 16.1. The van der Waals surface area contributed by atoms with Crippen LogP contribution >= 0.6 is 0 Å². The summed E-state index contributed by atoms with van der Waals surface area (Å²) in [6, 6.07) is 20.2. The topological polar surface area (TPSA) is 59.9 Å². The third kappa shape index (κ3) is 5.82. The van der Waals surface area contributed by atoms with Gasteiger partial charge in [0.05, 0.1) is 24.4 Å². The summed E-state index contributed by atoms with van der Waals surface area (Å²) in [5.41, 5.74) is 2.61. The van der Waals surface area contributed by atoms with Gasteiger partial charge in [0.25, 0.3) is 0 Å². The van der Waals surface area contributed by atoms with Crippen molar-refractivity contribution in [1.29, 1.82) is 0 Å². The SMILES string of the molecule is CCNC(=NCc1ccc(N2CCC(O)CC2)c(F)c1)NC(C)c1ccc2ccccc2c1. The van der Waals surface area contributed by atoms with Gasteiger partial charge in [0, 0.05) is 19.6 Å². The van der Waals surface area contributed by atoms with E-state index in [9.17, 15) is 9.50 Å². The van der Waals surface area contributed by atoms with E-state index in [1.54, 1.807) is 6.07 Å². The summed E-state index contributed by atoms with van der Waals surface area (Å²) < 4.78 is 14.8. The molecule has 5 nitrogen and oxygen atoms in total. The molecule has 4 rings (SSSR count). The minimum Gasteiger partial charge on any atom is -0.393 e. The van der Waals surface area contributed by atoms with Crippen LogP contribution in [-0.2, 0) is 6.54 Å². The van der Waals surface area contributed by atoms with Gasteiger partial charge in [-0.2, -0.15) is 0 Å². The fourth-order valence-electron chi connectivity index (χ4n) is 4.27. The molecule has 33 heavy (non-hydrogen) atoms. The van der Waals surface area contributed by atoms with Gasteiger partial charge in [0.2, 0.25) is 0 Å². The van der Waals surface area contributed by atoms with Gasteiger partial charge in [-0.15, -0.1) is 0 Å². The van der Waals surface area contributed by atoms with E-state index in [0.717, 1.165) is 12.1 Å². The van der Waals surface area contributed by atoms with Gasteiger partial charge in [-0.25, -0.2) is 9.38 Å². The van der Waals surface area contributed by atoms with Crippen LogP contribution in [0.1, 0.15) is 43.9 Å². The van der Waals surface area contributed by atoms with Crippen molar-refractivity contribution in [2.75, 3.05) is 24.5 Å². The summed E-state index contributed by atoms with van der Waals surface area (Å²) in [5.74, 6) is 0.467. The molecule has 0 amide bonds. The number of halogens is 1. The molecule has 3 aromatic rings. The molecule has 3 N–H and O–H groups in total. The van der Waals surface area contributed by atoms with Gasteiger partial charge in [0.1, 0.15) is 5.82 Å². The predicted octanol–water partition coefficient (Wildman–Crippen LogP) is 4.76. The van der Waals surface area contributed by atoms with Gasteiger partial charge in [-0.05, 0) is 66.8 Å². The lowest BCUT2D eigenvalue weighted by Crippen LogP contribution is -2.38. The Balaban J connectivity index is 1.43. The number of guanidine groups is 1. The van der Waals surface area contributed by atoms with Crippen molar-refractivity contribution < 1.29 is 9.50 Å². The zero-order chi connectivity index (χ0) is 23.2. The average Bonchev–Trinajstić information content (AvgIpc) is 2.83. The highest BCUT2D eigenvalue weighted by Crippen LogP contribution is 2.25. The first-order valence-corrected chi connectivity index (χ1v) is 11.8. The molecule has 6 heteroatoms. The van der Waals surface area contributed by atoms with Gasteiger partial charge < -0.3 is 20.6 Å². The van der Waals surface area contributed by atoms with Crippen molar-refractivity contribution >= 4 is 22.4 Å². The number of fused-ring (bicyclic) bond motifs is 1. The molecule has 0 spiro atoms. The molecule has 3 aromatic carbocycles. The number of rotatable bonds is 6. The molecule has 1 saturated heterocycles. The lowest BCUT2D eigenvalue weighted by molar-refractivity contribution is 0.145. The molecule has 0 aromatic heterocycles. The smallest absolute Gasteiger partial charge is 0.192 e. The second-order valence-electron chi connectivity index (χ2n) is 8.67. The van der Waals surface area contributed by atoms with E-state index in [2.05, 4.69) is 58.9 Å². The Labute approximate surface area is 195 Å². The zero-order valence-corrected chi connectivity index (χ0v) is 19.4. The maximum Gasteiger partial charge on any atom is 0.192 e. The quantitative estimate of drug-likeness (QED) is 0.376. The second-order valence-corrected chi connectivity index (χ2v) is 8.67. The number of piperidine rings is 1. The summed E-state index contributed by atoms with van der Waals surface area (Å²) in [4.78, 5) is 6.69. The van der Waals surface area contributed by atoms with Crippen LogP contribution in [0.2, 0.25) is 0 Å². The minimum atomic E-state index is -0.271. The summed E-state index contributed by atoms with van der Waals surface area (Å²) in [6.07, 6.45) is 1.09. The van der Waals surface area contributed by atoms with Crippen LogP contribution < -0.4 is 15.5 Å². The van der Waals surface area contributed by atoms with Crippen LogP contribution in [0.25, 0.3) is 10.8 Å². The Morgan fingerprint density at radius 2 is 1.85 bits per heavy atom. The van der Waals surface area contributed by atoms with Gasteiger partial charge in [-0.1, -0.05) is 42.5 Å². The van der Waals surface area contributed by atoms with Crippen molar-refractivity contribution in [1.82, 2.24) is 10.6 Å². The third-order valence-corrected chi connectivity index (χ3v) is 6.21. The number of nitrogens with one attached hydrogen (secondary N) is 2. The second kappa shape index (κ2) is 10.7. The molecular formula is C27H33FN4O. The molecule has 1 fully saturated rings. The number of benzene rings is 3. The first-order chi connectivity index (χ1) is 16.0. The number of aliphatic hydroxyl groups excluding tert-OH is 1. The average molecular weight is 449 g/mol.